The lowest BCUT2D eigenvalue weighted by atomic mass is 10.0. The number of benzene rings is 2. The highest BCUT2D eigenvalue weighted by Crippen LogP contribution is 2.28. The van der Waals surface area contributed by atoms with Crippen molar-refractivity contribution in [1.29, 1.82) is 0 Å². The van der Waals surface area contributed by atoms with Crippen LogP contribution < -0.4 is 10.1 Å². The number of halogens is 1. The minimum Gasteiger partial charge on any atom is -0.495 e. The molecule has 0 amide bonds. The molecule has 2 rings (SSSR count). The van der Waals surface area contributed by atoms with Crippen molar-refractivity contribution in [1.82, 2.24) is 0 Å². The molecule has 0 fully saturated rings. The molecule has 0 aliphatic heterocycles. The second-order valence-corrected chi connectivity index (χ2v) is 4.99. The summed E-state index contributed by atoms with van der Waals surface area (Å²) in [6.07, 6.45) is 0. The standard InChI is InChI=1S/C16H18ClNO/c1-11-5-4-6-13(12(11)2)10-18-15-9-14(17)7-8-16(15)19-3/h4-9,18H,10H2,1-3H3. The summed E-state index contributed by atoms with van der Waals surface area (Å²) in [6.45, 7) is 5.02. The fraction of sp³-hybridized carbons (Fsp3) is 0.250. The summed E-state index contributed by atoms with van der Waals surface area (Å²) in [5.74, 6) is 0.801. The second kappa shape index (κ2) is 5.98. The first-order valence-corrected chi connectivity index (χ1v) is 6.62. The third-order valence-corrected chi connectivity index (χ3v) is 3.58. The van der Waals surface area contributed by atoms with Crippen molar-refractivity contribution in [3.63, 3.8) is 0 Å². The van der Waals surface area contributed by atoms with Gasteiger partial charge in [-0.05, 0) is 48.7 Å². The maximum atomic E-state index is 6.02. The Balaban J connectivity index is 2.18. The quantitative estimate of drug-likeness (QED) is 0.882. The fourth-order valence-electron chi connectivity index (χ4n) is 2.01. The van der Waals surface area contributed by atoms with Crippen LogP contribution in [0.5, 0.6) is 5.75 Å². The molecule has 0 aromatic heterocycles. The lowest BCUT2D eigenvalue weighted by Gasteiger charge is -2.13. The summed E-state index contributed by atoms with van der Waals surface area (Å²) < 4.78 is 5.32. The van der Waals surface area contributed by atoms with Crippen molar-refractivity contribution in [2.45, 2.75) is 20.4 Å². The molecule has 0 unspecified atom stereocenters. The first kappa shape index (κ1) is 13.8. The van der Waals surface area contributed by atoms with Crippen molar-refractivity contribution in [3.8, 4) is 5.75 Å². The summed E-state index contributed by atoms with van der Waals surface area (Å²) in [7, 11) is 1.66. The molecular formula is C16H18ClNO. The Labute approximate surface area is 119 Å². The van der Waals surface area contributed by atoms with Crippen LogP contribution in [0.4, 0.5) is 5.69 Å². The Hall–Kier alpha value is -1.67. The van der Waals surface area contributed by atoms with Crippen LogP contribution in [0.25, 0.3) is 0 Å². The van der Waals surface area contributed by atoms with E-state index in [0.29, 0.717) is 5.02 Å². The minimum atomic E-state index is 0.698. The summed E-state index contributed by atoms with van der Waals surface area (Å²) in [6, 6.07) is 11.9. The monoisotopic (exact) mass is 275 g/mol. The van der Waals surface area contributed by atoms with Gasteiger partial charge in [0.1, 0.15) is 5.75 Å². The van der Waals surface area contributed by atoms with Crippen LogP contribution in [0.15, 0.2) is 36.4 Å². The predicted octanol–water partition coefficient (Wildman–Crippen LogP) is 4.58. The maximum Gasteiger partial charge on any atom is 0.142 e. The molecule has 0 radical (unpaired) electrons. The van der Waals surface area contributed by atoms with Crippen LogP contribution in [-0.4, -0.2) is 7.11 Å². The van der Waals surface area contributed by atoms with E-state index in [4.69, 9.17) is 16.3 Å². The Morgan fingerprint density at radius 1 is 1.16 bits per heavy atom. The molecule has 0 aliphatic carbocycles. The third-order valence-electron chi connectivity index (χ3n) is 3.35. The minimum absolute atomic E-state index is 0.698. The number of anilines is 1. The summed E-state index contributed by atoms with van der Waals surface area (Å²) in [4.78, 5) is 0. The summed E-state index contributed by atoms with van der Waals surface area (Å²) in [5, 5.41) is 4.08. The normalized spacial score (nSPS) is 10.3. The van der Waals surface area contributed by atoms with Crippen molar-refractivity contribution < 1.29 is 4.74 Å². The van der Waals surface area contributed by atoms with Gasteiger partial charge in [-0.2, -0.15) is 0 Å². The molecule has 2 aromatic rings. The SMILES string of the molecule is COc1ccc(Cl)cc1NCc1cccc(C)c1C. The Morgan fingerprint density at radius 2 is 1.95 bits per heavy atom. The van der Waals surface area contributed by atoms with Gasteiger partial charge < -0.3 is 10.1 Å². The number of nitrogens with one attached hydrogen (secondary N) is 1. The van der Waals surface area contributed by atoms with E-state index >= 15 is 0 Å². The molecule has 0 aliphatic rings. The molecule has 0 bridgehead atoms. The highest BCUT2D eigenvalue weighted by atomic mass is 35.5. The van der Waals surface area contributed by atoms with Gasteiger partial charge in [-0.25, -0.2) is 0 Å². The first-order valence-electron chi connectivity index (χ1n) is 6.24. The Kier molecular flexibility index (Phi) is 4.33. The summed E-state index contributed by atoms with van der Waals surface area (Å²) in [5.41, 5.74) is 4.81. The van der Waals surface area contributed by atoms with Gasteiger partial charge in [0.15, 0.2) is 0 Å². The van der Waals surface area contributed by atoms with Crippen molar-refractivity contribution >= 4 is 17.3 Å². The number of ether oxygens (including phenoxy) is 1. The van der Waals surface area contributed by atoms with Gasteiger partial charge in [-0.3, -0.25) is 0 Å². The molecule has 0 atom stereocenters. The van der Waals surface area contributed by atoms with Crippen LogP contribution >= 0.6 is 11.6 Å². The van der Waals surface area contributed by atoms with Crippen LogP contribution in [0.2, 0.25) is 5.02 Å². The van der Waals surface area contributed by atoms with E-state index in [1.165, 1.54) is 16.7 Å². The topological polar surface area (TPSA) is 21.3 Å². The predicted molar refractivity (Wildman–Crippen MR) is 81.2 cm³/mol. The third kappa shape index (κ3) is 3.21. The molecule has 0 saturated heterocycles. The van der Waals surface area contributed by atoms with E-state index in [1.807, 2.05) is 18.2 Å². The van der Waals surface area contributed by atoms with E-state index in [2.05, 4.69) is 37.4 Å². The maximum absolute atomic E-state index is 6.02. The van der Waals surface area contributed by atoms with Crippen LogP contribution in [0, 0.1) is 13.8 Å². The van der Waals surface area contributed by atoms with Gasteiger partial charge in [-0.15, -0.1) is 0 Å². The highest BCUT2D eigenvalue weighted by molar-refractivity contribution is 6.30. The lowest BCUT2D eigenvalue weighted by molar-refractivity contribution is 0.416. The summed E-state index contributed by atoms with van der Waals surface area (Å²) >= 11 is 6.02. The van der Waals surface area contributed by atoms with Crippen LogP contribution in [0.3, 0.4) is 0 Å². The molecular weight excluding hydrogens is 258 g/mol. The molecule has 2 aromatic carbocycles. The van der Waals surface area contributed by atoms with Crippen LogP contribution in [-0.2, 0) is 6.54 Å². The Bertz CT molecular complexity index is 581. The molecule has 19 heavy (non-hydrogen) atoms. The molecule has 100 valence electrons. The first-order chi connectivity index (χ1) is 9.11. The molecule has 0 spiro atoms. The zero-order valence-corrected chi connectivity index (χ0v) is 12.2. The largest absolute Gasteiger partial charge is 0.495 e. The molecule has 0 saturated carbocycles. The van der Waals surface area contributed by atoms with E-state index in [1.54, 1.807) is 7.11 Å². The Morgan fingerprint density at radius 3 is 2.68 bits per heavy atom. The van der Waals surface area contributed by atoms with Gasteiger partial charge in [0.05, 0.1) is 12.8 Å². The van der Waals surface area contributed by atoms with Gasteiger partial charge in [0.25, 0.3) is 0 Å². The zero-order valence-electron chi connectivity index (χ0n) is 11.5. The molecule has 3 heteroatoms. The smallest absolute Gasteiger partial charge is 0.142 e. The second-order valence-electron chi connectivity index (χ2n) is 4.56. The van der Waals surface area contributed by atoms with Gasteiger partial charge in [0.2, 0.25) is 0 Å². The highest BCUT2D eigenvalue weighted by Gasteiger charge is 2.05. The van der Waals surface area contributed by atoms with Crippen LogP contribution in [0.1, 0.15) is 16.7 Å². The number of methoxy groups -OCH3 is 1. The van der Waals surface area contributed by atoms with Gasteiger partial charge in [-0.1, -0.05) is 29.8 Å². The van der Waals surface area contributed by atoms with Crippen molar-refractivity contribution in [2.24, 2.45) is 0 Å². The van der Waals surface area contributed by atoms with E-state index in [-0.39, 0.29) is 0 Å². The fourth-order valence-corrected chi connectivity index (χ4v) is 2.18. The molecule has 0 heterocycles. The van der Waals surface area contributed by atoms with Gasteiger partial charge >= 0.3 is 0 Å². The molecule has 2 nitrogen and oxygen atoms in total. The van der Waals surface area contributed by atoms with Gasteiger partial charge in [0, 0.05) is 11.6 Å². The average molecular weight is 276 g/mol. The zero-order chi connectivity index (χ0) is 13.8. The van der Waals surface area contributed by atoms with E-state index in [0.717, 1.165) is 18.0 Å². The van der Waals surface area contributed by atoms with E-state index < -0.39 is 0 Å². The number of hydrogen-bond acceptors (Lipinski definition) is 2. The molecule has 1 N–H and O–H groups in total. The average Bonchev–Trinajstić information content (AvgIpc) is 2.40. The number of aryl methyl sites for hydroxylation is 1. The number of rotatable bonds is 4. The number of hydrogen-bond donors (Lipinski definition) is 1. The lowest BCUT2D eigenvalue weighted by Crippen LogP contribution is -2.03. The van der Waals surface area contributed by atoms with Crippen molar-refractivity contribution in [2.75, 3.05) is 12.4 Å². The van der Waals surface area contributed by atoms with E-state index in [9.17, 15) is 0 Å². The van der Waals surface area contributed by atoms with Crippen molar-refractivity contribution in [3.05, 3.63) is 58.1 Å².